The zero-order valence-electron chi connectivity index (χ0n) is 6.79. The number of nitrogens with zero attached hydrogens (tertiary/aromatic N) is 1. The molecule has 0 amide bonds. The number of rotatable bonds is 0. The summed E-state index contributed by atoms with van der Waals surface area (Å²) in [6.07, 6.45) is 4.05. The minimum absolute atomic E-state index is 0.813. The summed E-state index contributed by atoms with van der Waals surface area (Å²) in [5.74, 6) is 0. The number of hydrogen-bond donors (Lipinski definition) is 0. The van der Waals surface area contributed by atoms with E-state index >= 15 is 0 Å². The molecular formula is C10H9ClN+. The molecule has 2 heteroatoms. The summed E-state index contributed by atoms with van der Waals surface area (Å²) in [6, 6.07) is 7.95. The number of aryl methyl sites for hydroxylation is 1. The molecule has 2 rings (SSSR count). The maximum Gasteiger partial charge on any atom is 0.176 e. The summed E-state index contributed by atoms with van der Waals surface area (Å²) in [5.41, 5.74) is 0. The van der Waals surface area contributed by atoms with Gasteiger partial charge in [-0.1, -0.05) is 17.7 Å². The van der Waals surface area contributed by atoms with Gasteiger partial charge in [-0.25, -0.2) is 4.57 Å². The van der Waals surface area contributed by atoms with Gasteiger partial charge in [0.25, 0.3) is 0 Å². The molecule has 0 bridgehead atoms. The predicted molar refractivity (Wildman–Crippen MR) is 50.1 cm³/mol. The van der Waals surface area contributed by atoms with Crippen LogP contribution in [-0.4, -0.2) is 0 Å². The summed E-state index contributed by atoms with van der Waals surface area (Å²) in [7, 11) is 2.00. The van der Waals surface area contributed by atoms with E-state index in [4.69, 9.17) is 11.6 Å². The van der Waals surface area contributed by atoms with Gasteiger partial charge in [0.2, 0.25) is 0 Å². The lowest BCUT2D eigenvalue weighted by Gasteiger charge is -1.96. The van der Waals surface area contributed by atoms with Gasteiger partial charge in [0.15, 0.2) is 12.4 Å². The largest absolute Gasteiger partial charge is 0.207 e. The van der Waals surface area contributed by atoms with Gasteiger partial charge >= 0.3 is 0 Å². The molecule has 1 aromatic carbocycles. The van der Waals surface area contributed by atoms with Crippen LogP contribution >= 0.6 is 11.6 Å². The molecule has 0 spiro atoms. The minimum Gasteiger partial charge on any atom is -0.207 e. The molecule has 0 aliphatic rings. The zero-order chi connectivity index (χ0) is 8.55. The average molecular weight is 179 g/mol. The molecule has 0 aliphatic carbocycles. The number of benzene rings is 1. The van der Waals surface area contributed by atoms with Gasteiger partial charge in [0, 0.05) is 21.9 Å². The van der Waals surface area contributed by atoms with Crippen molar-refractivity contribution in [2.45, 2.75) is 0 Å². The Kier molecular flexibility index (Phi) is 1.74. The monoisotopic (exact) mass is 178 g/mol. The fourth-order valence-electron chi connectivity index (χ4n) is 1.30. The van der Waals surface area contributed by atoms with Gasteiger partial charge in [-0.15, -0.1) is 0 Å². The molecule has 0 saturated heterocycles. The Labute approximate surface area is 76.2 Å². The highest BCUT2D eigenvalue weighted by Crippen LogP contribution is 2.20. The summed E-state index contributed by atoms with van der Waals surface area (Å²) in [6.45, 7) is 0. The van der Waals surface area contributed by atoms with Crippen molar-refractivity contribution in [3.63, 3.8) is 0 Å². The molecule has 0 saturated carbocycles. The Balaban J connectivity index is 2.86. The van der Waals surface area contributed by atoms with E-state index in [1.54, 1.807) is 0 Å². The molecule has 1 heterocycles. The maximum atomic E-state index is 6.00. The van der Waals surface area contributed by atoms with Gasteiger partial charge in [0.05, 0.1) is 0 Å². The normalized spacial score (nSPS) is 10.5. The summed E-state index contributed by atoms with van der Waals surface area (Å²) < 4.78 is 2.01. The van der Waals surface area contributed by atoms with Crippen LogP contribution in [0.25, 0.3) is 10.8 Å². The van der Waals surface area contributed by atoms with Crippen LogP contribution < -0.4 is 4.57 Å². The average Bonchev–Trinajstić information content (AvgIpc) is 2.04. The van der Waals surface area contributed by atoms with Crippen LogP contribution in [-0.2, 0) is 7.05 Å². The van der Waals surface area contributed by atoms with Crippen molar-refractivity contribution in [1.29, 1.82) is 0 Å². The van der Waals surface area contributed by atoms with Crippen LogP contribution in [0.1, 0.15) is 0 Å². The highest BCUT2D eigenvalue weighted by Gasteiger charge is 2.00. The molecule has 0 radical (unpaired) electrons. The predicted octanol–water partition coefficient (Wildman–Crippen LogP) is 2.32. The lowest BCUT2D eigenvalue weighted by molar-refractivity contribution is -0.670. The molecule has 0 fully saturated rings. The van der Waals surface area contributed by atoms with E-state index in [9.17, 15) is 0 Å². The van der Waals surface area contributed by atoms with Crippen LogP contribution in [0.5, 0.6) is 0 Å². The van der Waals surface area contributed by atoms with Gasteiger partial charge < -0.3 is 0 Å². The van der Waals surface area contributed by atoms with Crippen molar-refractivity contribution in [2.75, 3.05) is 0 Å². The highest BCUT2D eigenvalue weighted by atomic mass is 35.5. The topological polar surface area (TPSA) is 3.88 Å². The molecule has 0 unspecified atom stereocenters. The highest BCUT2D eigenvalue weighted by molar-refractivity contribution is 6.35. The van der Waals surface area contributed by atoms with E-state index in [1.807, 2.05) is 36.0 Å². The second kappa shape index (κ2) is 2.76. The molecule has 60 valence electrons. The van der Waals surface area contributed by atoms with E-state index < -0.39 is 0 Å². The molecule has 2 aromatic rings. The van der Waals surface area contributed by atoms with E-state index in [0.717, 1.165) is 10.4 Å². The minimum atomic E-state index is 0.813. The SMILES string of the molecule is C[n+]1ccc2c(Cl)cccc2c1. The quantitative estimate of drug-likeness (QED) is 0.546. The van der Waals surface area contributed by atoms with Crippen LogP contribution in [0, 0.1) is 0 Å². The first-order chi connectivity index (χ1) is 5.77. The number of halogens is 1. The van der Waals surface area contributed by atoms with Gasteiger partial charge in [-0.05, 0) is 12.1 Å². The Hall–Kier alpha value is -1.08. The number of fused-ring (bicyclic) bond motifs is 1. The Morgan fingerprint density at radius 3 is 2.92 bits per heavy atom. The third-order valence-electron chi connectivity index (χ3n) is 1.91. The van der Waals surface area contributed by atoms with E-state index in [-0.39, 0.29) is 0 Å². The van der Waals surface area contributed by atoms with Crippen LogP contribution in [0.3, 0.4) is 0 Å². The van der Waals surface area contributed by atoms with Crippen molar-refractivity contribution in [2.24, 2.45) is 7.05 Å². The fraction of sp³-hybridized carbons (Fsp3) is 0.100. The molecule has 0 N–H and O–H groups in total. The second-order valence-electron chi connectivity index (χ2n) is 2.85. The van der Waals surface area contributed by atoms with Crippen molar-refractivity contribution in [3.8, 4) is 0 Å². The maximum absolute atomic E-state index is 6.00. The smallest absolute Gasteiger partial charge is 0.176 e. The molecule has 0 aliphatic heterocycles. The fourth-order valence-corrected chi connectivity index (χ4v) is 1.54. The summed E-state index contributed by atoms with van der Waals surface area (Å²) in [5, 5.41) is 3.10. The van der Waals surface area contributed by atoms with E-state index in [0.29, 0.717) is 0 Å². The molecule has 1 aromatic heterocycles. The van der Waals surface area contributed by atoms with Gasteiger partial charge in [-0.2, -0.15) is 0 Å². The van der Waals surface area contributed by atoms with E-state index in [1.165, 1.54) is 5.39 Å². The van der Waals surface area contributed by atoms with Crippen molar-refractivity contribution in [1.82, 2.24) is 0 Å². The molecular weight excluding hydrogens is 170 g/mol. The Morgan fingerprint density at radius 1 is 1.25 bits per heavy atom. The van der Waals surface area contributed by atoms with Crippen molar-refractivity contribution < 1.29 is 4.57 Å². The van der Waals surface area contributed by atoms with Crippen LogP contribution in [0.4, 0.5) is 0 Å². The van der Waals surface area contributed by atoms with Crippen molar-refractivity contribution in [3.05, 3.63) is 41.7 Å². The van der Waals surface area contributed by atoms with Gasteiger partial charge in [-0.3, -0.25) is 0 Å². The van der Waals surface area contributed by atoms with Crippen molar-refractivity contribution >= 4 is 22.4 Å². The van der Waals surface area contributed by atoms with Gasteiger partial charge in [0.1, 0.15) is 7.05 Å². The number of hydrogen-bond acceptors (Lipinski definition) is 0. The number of aromatic nitrogens is 1. The molecule has 0 atom stereocenters. The first-order valence-electron chi connectivity index (χ1n) is 3.81. The van der Waals surface area contributed by atoms with Crippen LogP contribution in [0.15, 0.2) is 36.7 Å². The third-order valence-corrected chi connectivity index (χ3v) is 2.24. The molecule has 12 heavy (non-hydrogen) atoms. The molecule has 1 nitrogen and oxygen atoms in total. The first kappa shape index (κ1) is 7.56. The van der Waals surface area contributed by atoms with E-state index in [2.05, 4.69) is 12.3 Å². The second-order valence-corrected chi connectivity index (χ2v) is 3.26. The number of pyridine rings is 1. The Bertz CT molecular complexity index is 423. The van der Waals surface area contributed by atoms with Crippen LogP contribution in [0.2, 0.25) is 5.02 Å². The zero-order valence-corrected chi connectivity index (χ0v) is 7.55. The summed E-state index contributed by atoms with van der Waals surface area (Å²) >= 11 is 6.00. The first-order valence-corrected chi connectivity index (χ1v) is 4.19. The standard InChI is InChI=1S/C10H9ClN/c1-12-6-5-9-8(7-12)3-2-4-10(9)11/h2-7H,1H3/q+1. The lowest BCUT2D eigenvalue weighted by atomic mass is 10.2. The Morgan fingerprint density at radius 2 is 2.08 bits per heavy atom. The summed E-state index contributed by atoms with van der Waals surface area (Å²) in [4.78, 5) is 0. The third kappa shape index (κ3) is 1.16. The lowest BCUT2D eigenvalue weighted by Crippen LogP contribution is -2.25.